The molecule has 1 aliphatic heterocycles. The Morgan fingerprint density at radius 1 is 1.45 bits per heavy atom. The van der Waals surface area contributed by atoms with Crippen molar-refractivity contribution in [2.45, 2.75) is 24.6 Å². The number of sulfone groups is 1. The molecule has 1 unspecified atom stereocenters. The van der Waals surface area contributed by atoms with E-state index in [2.05, 4.69) is 5.32 Å². The number of hydrogen-bond donors (Lipinski definition) is 1. The average Bonchev–Trinajstić information content (AvgIpc) is 2.70. The molecule has 8 heteroatoms. The second-order valence-corrected chi connectivity index (χ2v) is 7.60. The monoisotopic (exact) mass is 318 g/mol. The zero-order chi connectivity index (χ0) is 14.8. The molecule has 1 fully saturated rings. The minimum Gasteiger partial charge on any atom is -0.311 e. The van der Waals surface area contributed by atoms with Crippen LogP contribution in [0.3, 0.4) is 0 Å². The molecular formula is C12H15ClN2O4S. The Morgan fingerprint density at radius 2 is 2.20 bits per heavy atom. The van der Waals surface area contributed by atoms with Crippen molar-refractivity contribution in [2.75, 3.05) is 12.3 Å². The Morgan fingerprint density at radius 3 is 2.75 bits per heavy atom. The van der Waals surface area contributed by atoms with Gasteiger partial charge in [0.25, 0.3) is 5.69 Å². The van der Waals surface area contributed by atoms with Crippen molar-refractivity contribution >= 4 is 27.1 Å². The number of nitrogens with one attached hydrogen (secondary N) is 1. The van der Waals surface area contributed by atoms with Crippen LogP contribution in [-0.4, -0.2) is 30.9 Å². The predicted molar refractivity (Wildman–Crippen MR) is 76.6 cm³/mol. The number of nitro groups is 1. The van der Waals surface area contributed by atoms with Crippen LogP contribution in [0.15, 0.2) is 18.2 Å². The summed E-state index contributed by atoms with van der Waals surface area (Å²) in [5, 5.41) is 13.6. The molecule has 0 saturated carbocycles. The van der Waals surface area contributed by atoms with Crippen molar-refractivity contribution in [1.82, 2.24) is 5.32 Å². The number of non-ortho nitro benzene ring substituents is 1. The van der Waals surface area contributed by atoms with Crippen molar-refractivity contribution in [2.24, 2.45) is 0 Å². The van der Waals surface area contributed by atoms with E-state index >= 15 is 0 Å². The average molecular weight is 319 g/mol. The van der Waals surface area contributed by atoms with Gasteiger partial charge < -0.3 is 5.32 Å². The second-order valence-electron chi connectivity index (χ2n) is 4.79. The van der Waals surface area contributed by atoms with E-state index in [1.54, 1.807) is 6.07 Å². The quantitative estimate of drug-likeness (QED) is 0.661. The lowest BCUT2D eigenvalue weighted by atomic mass is 10.2. The van der Waals surface area contributed by atoms with Crippen LogP contribution in [-0.2, 0) is 16.4 Å². The summed E-state index contributed by atoms with van der Waals surface area (Å²) in [5.74, 6) is 0.262. The van der Waals surface area contributed by atoms with Crippen molar-refractivity contribution in [1.29, 1.82) is 0 Å². The first-order chi connectivity index (χ1) is 9.40. The molecule has 0 amide bonds. The maximum absolute atomic E-state index is 11.6. The van der Waals surface area contributed by atoms with Crippen molar-refractivity contribution < 1.29 is 13.3 Å². The summed E-state index contributed by atoms with van der Waals surface area (Å²) in [7, 11) is -2.95. The van der Waals surface area contributed by atoms with Gasteiger partial charge in [-0.3, -0.25) is 10.1 Å². The molecule has 110 valence electrons. The lowest BCUT2D eigenvalue weighted by molar-refractivity contribution is -0.384. The second kappa shape index (κ2) is 6.07. The summed E-state index contributed by atoms with van der Waals surface area (Å²) in [6.07, 6.45) is 1.40. The van der Waals surface area contributed by atoms with Crippen LogP contribution in [0, 0.1) is 10.1 Å². The van der Waals surface area contributed by atoms with E-state index < -0.39 is 14.8 Å². The van der Waals surface area contributed by atoms with Crippen LogP contribution in [0.2, 0.25) is 5.02 Å². The summed E-state index contributed by atoms with van der Waals surface area (Å²) in [6.45, 7) is 0.776. The molecule has 1 atom stereocenters. The highest BCUT2D eigenvalue weighted by Crippen LogP contribution is 2.23. The van der Waals surface area contributed by atoms with Gasteiger partial charge in [-0.15, -0.1) is 0 Å². The van der Waals surface area contributed by atoms with Crippen LogP contribution < -0.4 is 5.32 Å². The van der Waals surface area contributed by atoms with Gasteiger partial charge in [0.1, 0.15) is 0 Å². The summed E-state index contributed by atoms with van der Waals surface area (Å²) in [6, 6.07) is 4.26. The Bertz CT molecular complexity index is 618. The Labute approximate surface area is 122 Å². The highest BCUT2D eigenvalue weighted by atomic mass is 35.5. The zero-order valence-corrected chi connectivity index (χ0v) is 12.3. The molecule has 0 aromatic heterocycles. The third-order valence-electron chi connectivity index (χ3n) is 3.40. The highest BCUT2D eigenvalue weighted by Gasteiger charge is 2.30. The molecule has 0 spiro atoms. The molecule has 1 heterocycles. The van der Waals surface area contributed by atoms with Gasteiger partial charge in [0.2, 0.25) is 0 Å². The molecule has 20 heavy (non-hydrogen) atoms. The summed E-state index contributed by atoms with van der Waals surface area (Å²) < 4.78 is 23.3. The molecule has 1 aliphatic rings. The number of nitro benzene ring substituents is 1. The molecular weight excluding hydrogens is 304 g/mol. The third kappa shape index (κ3) is 3.47. The zero-order valence-electron chi connectivity index (χ0n) is 10.7. The standard InChI is InChI=1S/C12H15ClN2O4S/c13-12-6-10(15(16)17)4-3-9(12)7-14-8-11-2-1-5-20(11,18)19/h3-4,6,11,14H,1-2,5,7-8H2. The number of nitrogens with zero attached hydrogens (tertiary/aromatic N) is 1. The number of halogens is 1. The Balaban J connectivity index is 1.93. The molecule has 1 aromatic carbocycles. The van der Waals surface area contributed by atoms with Gasteiger partial charge in [-0.05, 0) is 24.5 Å². The molecule has 1 saturated heterocycles. The van der Waals surface area contributed by atoms with Crippen molar-refractivity contribution in [3.8, 4) is 0 Å². The van der Waals surface area contributed by atoms with Crippen LogP contribution in [0.4, 0.5) is 5.69 Å². The summed E-state index contributed by atoms with van der Waals surface area (Å²) >= 11 is 5.96. The Hall–Kier alpha value is -1.18. The lowest BCUT2D eigenvalue weighted by Crippen LogP contribution is -2.30. The van der Waals surface area contributed by atoms with Gasteiger partial charge in [0.05, 0.1) is 20.9 Å². The highest BCUT2D eigenvalue weighted by molar-refractivity contribution is 7.92. The fourth-order valence-electron chi connectivity index (χ4n) is 2.25. The molecule has 0 bridgehead atoms. The molecule has 6 nitrogen and oxygen atoms in total. The van der Waals surface area contributed by atoms with Crippen LogP contribution in [0.1, 0.15) is 18.4 Å². The van der Waals surface area contributed by atoms with E-state index in [-0.39, 0.29) is 16.7 Å². The van der Waals surface area contributed by atoms with E-state index in [0.29, 0.717) is 36.5 Å². The van der Waals surface area contributed by atoms with Gasteiger partial charge in [-0.1, -0.05) is 11.6 Å². The molecule has 2 rings (SSSR count). The minimum absolute atomic E-state index is 0.0582. The van der Waals surface area contributed by atoms with E-state index in [1.807, 2.05) is 0 Å². The first kappa shape index (κ1) is 15.2. The molecule has 0 aliphatic carbocycles. The normalized spacial score (nSPS) is 20.9. The number of benzene rings is 1. The van der Waals surface area contributed by atoms with Gasteiger partial charge in [0.15, 0.2) is 9.84 Å². The fourth-order valence-corrected chi connectivity index (χ4v) is 4.29. The molecule has 1 aromatic rings. The Kier molecular flexibility index (Phi) is 4.62. The largest absolute Gasteiger partial charge is 0.311 e. The number of rotatable bonds is 5. The van der Waals surface area contributed by atoms with Crippen LogP contribution in [0.25, 0.3) is 0 Å². The first-order valence-electron chi connectivity index (χ1n) is 6.25. The van der Waals surface area contributed by atoms with E-state index in [9.17, 15) is 18.5 Å². The van der Waals surface area contributed by atoms with Gasteiger partial charge in [0, 0.05) is 25.2 Å². The smallest absolute Gasteiger partial charge is 0.270 e. The van der Waals surface area contributed by atoms with Gasteiger partial charge in [-0.25, -0.2) is 8.42 Å². The van der Waals surface area contributed by atoms with Crippen LogP contribution >= 0.6 is 11.6 Å². The maximum atomic E-state index is 11.6. The van der Waals surface area contributed by atoms with Crippen molar-refractivity contribution in [3.63, 3.8) is 0 Å². The fraction of sp³-hybridized carbons (Fsp3) is 0.500. The lowest BCUT2D eigenvalue weighted by Gasteiger charge is -2.11. The topological polar surface area (TPSA) is 89.3 Å². The van der Waals surface area contributed by atoms with E-state index in [0.717, 1.165) is 0 Å². The number of hydrogen-bond acceptors (Lipinski definition) is 5. The molecule has 1 N–H and O–H groups in total. The SMILES string of the molecule is O=[N+]([O-])c1ccc(CNCC2CCCS2(=O)=O)c(Cl)c1. The van der Waals surface area contributed by atoms with E-state index in [4.69, 9.17) is 11.6 Å². The van der Waals surface area contributed by atoms with Gasteiger partial charge in [-0.2, -0.15) is 0 Å². The summed E-state index contributed by atoms with van der Waals surface area (Å²) in [4.78, 5) is 10.1. The summed E-state index contributed by atoms with van der Waals surface area (Å²) in [5.41, 5.74) is 0.657. The van der Waals surface area contributed by atoms with E-state index in [1.165, 1.54) is 12.1 Å². The first-order valence-corrected chi connectivity index (χ1v) is 8.34. The van der Waals surface area contributed by atoms with Crippen molar-refractivity contribution in [3.05, 3.63) is 38.9 Å². The van der Waals surface area contributed by atoms with Crippen LogP contribution in [0.5, 0.6) is 0 Å². The maximum Gasteiger partial charge on any atom is 0.270 e. The molecule has 0 radical (unpaired) electrons. The third-order valence-corrected chi connectivity index (χ3v) is 6.03. The predicted octanol–water partition coefficient (Wildman–Crippen LogP) is 1.92. The van der Waals surface area contributed by atoms with Gasteiger partial charge >= 0.3 is 0 Å². The minimum atomic E-state index is -2.95.